The molecule has 0 unspecified atom stereocenters. The summed E-state index contributed by atoms with van der Waals surface area (Å²) in [6.45, 7) is 3.03. The third-order valence-corrected chi connectivity index (χ3v) is 5.58. The van der Waals surface area contributed by atoms with Gasteiger partial charge in [0, 0.05) is 36.8 Å². The number of aromatic nitrogens is 1. The number of hydrogen-bond donors (Lipinski definition) is 2. The fourth-order valence-electron chi connectivity index (χ4n) is 3.19. The molecule has 0 aliphatic carbocycles. The molecule has 7 heteroatoms. The molecule has 144 valence electrons. The second-order valence-electron chi connectivity index (χ2n) is 6.64. The lowest BCUT2D eigenvalue weighted by Gasteiger charge is -2.26. The van der Waals surface area contributed by atoms with Gasteiger partial charge in [0.15, 0.2) is 0 Å². The molecule has 0 spiro atoms. The zero-order valence-corrected chi connectivity index (χ0v) is 16.1. The van der Waals surface area contributed by atoms with Gasteiger partial charge in [-0.05, 0) is 42.0 Å². The van der Waals surface area contributed by atoms with E-state index in [-0.39, 0.29) is 5.56 Å². The summed E-state index contributed by atoms with van der Waals surface area (Å²) in [6, 6.07) is 14.4. The van der Waals surface area contributed by atoms with E-state index >= 15 is 0 Å². The van der Waals surface area contributed by atoms with Crippen LogP contribution < -0.4 is 10.9 Å². The Kier molecular flexibility index (Phi) is 5.64. The molecule has 6 nitrogen and oxygen atoms in total. The Morgan fingerprint density at radius 3 is 2.75 bits per heavy atom. The van der Waals surface area contributed by atoms with Crippen LogP contribution in [-0.4, -0.2) is 40.4 Å². The van der Waals surface area contributed by atoms with Gasteiger partial charge in [0.1, 0.15) is 11.3 Å². The highest BCUT2D eigenvalue weighted by molar-refractivity contribution is 7.99. The third kappa shape index (κ3) is 4.37. The second kappa shape index (κ2) is 8.50. The summed E-state index contributed by atoms with van der Waals surface area (Å²) in [4.78, 5) is 30.0. The van der Waals surface area contributed by atoms with Crippen LogP contribution in [0, 0.1) is 0 Å². The van der Waals surface area contributed by atoms with Crippen molar-refractivity contribution in [3.8, 4) is 11.5 Å². The molecule has 1 aliphatic heterocycles. The SMILES string of the molecule is O=C(Nc1cccc(CN2CCSCC2)c1)c1ccc(-c2ccco2)[nH]c1=O. The number of furan rings is 1. The summed E-state index contributed by atoms with van der Waals surface area (Å²) in [5, 5.41) is 2.83. The van der Waals surface area contributed by atoms with Crippen LogP contribution in [0.15, 0.2) is 64.0 Å². The molecule has 1 aromatic carbocycles. The molecule has 3 aromatic rings. The Morgan fingerprint density at radius 1 is 1.14 bits per heavy atom. The Hall–Kier alpha value is -2.77. The van der Waals surface area contributed by atoms with Gasteiger partial charge in [-0.2, -0.15) is 11.8 Å². The minimum Gasteiger partial charge on any atom is -0.463 e. The summed E-state index contributed by atoms with van der Waals surface area (Å²) >= 11 is 1.98. The molecular weight excluding hydrogens is 374 g/mol. The van der Waals surface area contributed by atoms with E-state index in [0.717, 1.165) is 36.7 Å². The van der Waals surface area contributed by atoms with Crippen molar-refractivity contribution in [2.75, 3.05) is 29.9 Å². The lowest BCUT2D eigenvalue weighted by Crippen LogP contribution is -2.32. The monoisotopic (exact) mass is 395 g/mol. The number of H-pyrrole nitrogens is 1. The van der Waals surface area contributed by atoms with E-state index in [1.54, 1.807) is 18.2 Å². The molecule has 2 N–H and O–H groups in total. The lowest BCUT2D eigenvalue weighted by atomic mass is 10.1. The van der Waals surface area contributed by atoms with E-state index in [0.29, 0.717) is 17.1 Å². The van der Waals surface area contributed by atoms with Gasteiger partial charge >= 0.3 is 0 Å². The van der Waals surface area contributed by atoms with Gasteiger partial charge in [0.05, 0.1) is 12.0 Å². The standard InChI is InChI=1S/C21H21N3O3S/c25-20(17-6-7-18(23-21(17)26)19-5-2-10-27-19)22-16-4-1-3-15(13-16)14-24-8-11-28-12-9-24/h1-7,10,13H,8-9,11-12,14H2,(H,22,25)(H,23,26). The number of thioether (sulfide) groups is 1. The molecule has 4 rings (SSSR count). The number of hydrogen-bond acceptors (Lipinski definition) is 5. The van der Waals surface area contributed by atoms with E-state index in [9.17, 15) is 9.59 Å². The van der Waals surface area contributed by atoms with Gasteiger partial charge in [0.2, 0.25) is 0 Å². The molecule has 1 aliphatic rings. The van der Waals surface area contributed by atoms with Crippen molar-refractivity contribution in [2.45, 2.75) is 6.54 Å². The highest BCUT2D eigenvalue weighted by atomic mass is 32.2. The van der Waals surface area contributed by atoms with Gasteiger partial charge in [-0.25, -0.2) is 0 Å². The molecule has 0 bridgehead atoms. The number of nitrogens with one attached hydrogen (secondary N) is 2. The molecule has 1 fully saturated rings. The zero-order valence-electron chi connectivity index (χ0n) is 15.3. The van der Waals surface area contributed by atoms with Crippen LogP contribution in [0.2, 0.25) is 0 Å². The highest BCUT2D eigenvalue weighted by Crippen LogP contribution is 2.18. The number of anilines is 1. The minimum atomic E-state index is -0.451. The molecule has 1 amide bonds. The molecule has 0 radical (unpaired) electrons. The van der Waals surface area contributed by atoms with Gasteiger partial charge in [-0.3, -0.25) is 14.5 Å². The van der Waals surface area contributed by atoms with Crippen LogP contribution in [0.5, 0.6) is 0 Å². The van der Waals surface area contributed by atoms with Crippen molar-refractivity contribution in [2.24, 2.45) is 0 Å². The lowest BCUT2D eigenvalue weighted by molar-refractivity contribution is 0.102. The first-order valence-corrected chi connectivity index (χ1v) is 10.3. The summed E-state index contributed by atoms with van der Waals surface area (Å²) in [5.41, 5.74) is 1.98. The van der Waals surface area contributed by atoms with E-state index in [4.69, 9.17) is 4.42 Å². The van der Waals surface area contributed by atoms with Crippen LogP contribution in [0.25, 0.3) is 11.5 Å². The largest absolute Gasteiger partial charge is 0.463 e. The van der Waals surface area contributed by atoms with E-state index in [1.165, 1.54) is 12.3 Å². The summed E-state index contributed by atoms with van der Waals surface area (Å²) in [5.74, 6) is 2.44. The normalized spacial score (nSPS) is 14.7. The third-order valence-electron chi connectivity index (χ3n) is 4.64. The fourth-order valence-corrected chi connectivity index (χ4v) is 4.17. The molecular formula is C21H21N3O3S. The second-order valence-corrected chi connectivity index (χ2v) is 7.86. The van der Waals surface area contributed by atoms with Crippen molar-refractivity contribution >= 4 is 23.4 Å². The fraction of sp³-hybridized carbons (Fsp3) is 0.238. The van der Waals surface area contributed by atoms with Crippen molar-refractivity contribution in [1.29, 1.82) is 0 Å². The first-order valence-electron chi connectivity index (χ1n) is 9.17. The molecule has 3 heterocycles. The average Bonchev–Trinajstić information content (AvgIpc) is 3.24. The molecule has 2 aromatic heterocycles. The number of nitrogens with zero attached hydrogens (tertiary/aromatic N) is 1. The van der Waals surface area contributed by atoms with Crippen molar-refractivity contribution in [3.63, 3.8) is 0 Å². The van der Waals surface area contributed by atoms with Gasteiger partial charge in [0.25, 0.3) is 11.5 Å². The topological polar surface area (TPSA) is 78.3 Å². The van der Waals surface area contributed by atoms with Gasteiger partial charge < -0.3 is 14.7 Å². The maximum atomic E-state index is 12.6. The van der Waals surface area contributed by atoms with Gasteiger partial charge in [-0.15, -0.1) is 0 Å². The maximum absolute atomic E-state index is 12.6. The molecule has 0 saturated carbocycles. The van der Waals surface area contributed by atoms with Gasteiger partial charge in [-0.1, -0.05) is 12.1 Å². The molecule has 0 atom stereocenters. The smallest absolute Gasteiger partial charge is 0.261 e. The highest BCUT2D eigenvalue weighted by Gasteiger charge is 2.14. The number of pyridine rings is 1. The summed E-state index contributed by atoms with van der Waals surface area (Å²) < 4.78 is 5.27. The van der Waals surface area contributed by atoms with E-state index in [2.05, 4.69) is 21.3 Å². The van der Waals surface area contributed by atoms with E-state index in [1.807, 2.05) is 30.0 Å². The Labute approximate surface area is 166 Å². The molecule has 1 saturated heterocycles. The number of amides is 1. The summed E-state index contributed by atoms with van der Waals surface area (Å²) in [6.07, 6.45) is 1.53. The average molecular weight is 395 g/mol. The zero-order chi connectivity index (χ0) is 19.3. The van der Waals surface area contributed by atoms with Crippen LogP contribution in [0.4, 0.5) is 5.69 Å². The Balaban J connectivity index is 1.46. The first kappa shape index (κ1) is 18.6. The predicted molar refractivity (Wildman–Crippen MR) is 112 cm³/mol. The number of carbonyl (C=O) groups is 1. The number of rotatable bonds is 5. The van der Waals surface area contributed by atoms with Crippen LogP contribution >= 0.6 is 11.8 Å². The first-order chi connectivity index (χ1) is 13.7. The van der Waals surface area contributed by atoms with Crippen LogP contribution in [0.3, 0.4) is 0 Å². The minimum absolute atomic E-state index is 0.0637. The number of aromatic amines is 1. The Bertz CT molecular complexity index is 1010. The van der Waals surface area contributed by atoms with Crippen LogP contribution in [0.1, 0.15) is 15.9 Å². The number of carbonyl (C=O) groups excluding carboxylic acids is 1. The van der Waals surface area contributed by atoms with Crippen molar-refractivity contribution in [1.82, 2.24) is 9.88 Å². The van der Waals surface area contributed by atoms with Crippen LogP contribution in [-0.2, 0) is 6.54 Å². The van der Waals surface area contributed by atoms with E-state index < -0.39 is 11.5 Å². The predicted octanol–water partition coefficient (Wildman–Crippen LogP) is 3.44. The maximum Gasteiger partial charge on any atom is 0.261 e. The Morgan fingerprint density at radius 2 is 2.00 bits per heavy atom. The quantitative estimate of drug-likeness (QED) is 0.692. The molecule has 28 heavy (non-hydrogen) atoms. The summed E-state index contributed by atoms with van der Waals surface area (Å²) in [7, 11) is 0. The number of benzene rings is 1. The van der Waals surface area contributed by atoms with Crippen molar-refractivity contribution < 1.29 is 9.21 Å². The van der Waals surface area contributed by atoms with Crippen molar-refractivity contribution in [3.05, 3.63) is 76.3 Å².